The topological polar surface area (TPSA) is 62.7 Å². The lowest BCUT2D eigenvalue weighted by Crippen LogP contribution is -2.14. The third kappa shape index (κ3) is 1.67. The van der Waals surface area contributed by atoms with Crippen molar-refractivity contribution < 1.29 is 0 Å². The Morgan fingerprint density at radius 3 is 3.17 bits per heavy atom. The highest BCUT2D eigenvalue weighted by Gasteiger charge is 2.21. The van der Waals surface area contributed by atoms with Crippen LogP contribution in [0.25, 0.3) is 10.2 Å². The van der Waals surface area contributed by atoms with Gasteiger partial charge in [0.2, 0.25) is 0 Å². The van der Waals surface area contributed by atoms with Gasteiger partial charge in [0.05, 0.1) is 5.69 Å². The van der Waals surface area contributed by atoms with Gasteiger partial charge in [0.25, 0.3) is 0 Å². The Labute approximate surface area is 110 Å². The summed E-state index contributed by atoms with van der Waals surface area (Å²) in [5.41, 5.74) is 9.14. The molecule has 2 heterocycles. The Morgan fingerprint density at radius 1 is 1.61 bits per heavy atom. The summed E-state index contributed by atoms with van der Waals surface area (Å²) in [4.78, 5) is 6.21. The van der Waals surface area contributed by atoms with Crippen LogP contribution in [-0.4, -0.2) is 4.98 Å². The van der Waals surface area contributed by atoms with Crippen molar-refractivity contribution in [3.63, 3.8) is 0 Å². The molecule has 1 aliphatic carbocycles. The van der Waals surface area contributed by atoms with E-state index in [1.807, 2.05) is 0 Å². The van der Waals surface area contributed by atoms with Crippen LogP contribution in [0.4, 0.5) is 5.69 Å². The molecule has 4 heteroatoms. The molecule has 92 valence electrons. The second-order valence-electron chi connectivity index (χ2n) is 4.92. The molecule has 18 heavy (non-hydrogen) atoms. The lowest BCUT2D eigenvalue weighted by Gasteiger charge is -2.22. The van der Waals surface area contributed by atoms with Gasteiger partial charge in [0.15, 0.2) is 0 Å². The number of aromatic nitrogens is 1. The van der Waals surface area contributed by atoms with Crippen LogP contribution in [0.15, 0.2) is 6.07 Å². The van der Waals surface area contributed by atoms with Crippen LogP contribution in [0.1, 0.15) is 35.9 Å². The van der Waals surface area contributed by atoms with E-state index in [0.29, 0.717) is 10.6 Å². The monoisotopic (exact) mass is 257 g/mol. The number of fused-ring (bicyclic) bond motifs is 2. The quantitative estimate of drug-likeness (QED) is 0.852. The predicted molar refractivity (Wildman–Crippen MR) is 74.6 cm³/mol. The minimum atomic E-state index is 0.590. The van der Waals surface area contributed by atoms with Gasteiger partial charge in [-0.2, -0.15) is 5.26 Å². The molecule has 1 unspecified atom stereocenters. The number of pyridine rings is 1. The number of rotatable bonds is 1. The van der Waals surface area contributed by atoms with E-state index in [4.69, 9.17) is 16.0 Å². The summed E-state index contributed by atoms with van der Waals surface area (Å²) >= 11 is 1.41. The lowest BCUT2D eigenvalue weighted by molar-refractivity contribution is 0.441. The van der Waals surface area contributed by atoms with Gasteiger partial charge in [-0.25, -0.2) is 4.98 Å². The van der Waals surface area contributed by atoms with Gasteiger partial charge in [0, 0.05) is 11.1 Å². The number of anilines is 1. The first-order chi connectivity index (χ1) is 8.72. The normalized spacial score (nSPS) is 18.6. The zero-order valence-corrected chi connectivity index (χ0v) is 11.2. The largest absolute Gasteiger partial charge is 0.396 e. The molecule has 1 aliphatic rings. The molecule has 0 saturated carbocycles. The van der Waals surface area contributed by atoms with Crippen LogP contribution < -0.4 is 5.73 Å². The fourth-order valence-electron chi connectivity index (χ4n) is 2.70. The minimum absolute atomic E-state index is 0.590. The van der Waals surface area contributed by atoms with Gasteiger partial charge >= 0.3 is 0 Å². The maximum Gasteiger partial charge on any atom is 0.130 e. The van der Waals surface area contributed by atoms with Crippen molar-refractivity contribution in [1.29, 1.82) is 5.26 Å². The van der Waals surface area contributed by atoms with Gasteiger partial charge in [-0.3, -0.25) is 0 Å². The Balaban J connectivity index is 2.15. The average Bonchev–Trinajstić information content (AvgIpc) is 2.72. The van der Waals surface area contributed by atoms with Crippen molar-refractivity contribution in [2.45, 2.75) is 32.6 Å². The molecule has 0 spiro atoms. The zero-order valence-electron chi connectivity index (χ0n) is 10.4. The van der Waals surface area contributed by atoms with Crippen molar-refractivity contribution >= 4 is 27.2 Å². The second kappa shape index (κ2) is 4.25. The molecular weight excluding hydrogens is 242 g/mol. The Hall–Kier alpha value is -1.60. The molecule has 0 aliphatic heterocycles. The van der Waals surface area contributed by atoms with Crippen LogP contribution in [0, 0.1) is 17.2 Å². The summed E-state index contributed by atoms with van der Waals surface area (Å²) in [6.45, 7) is 2.24. The molecule has 0 fully saturated rings. The van der Waals surface area contributed by atoms with E-state index in [0.717, 1.165) is 29.0 Å². The summed E-state index contributed by atoms with van der Waals surface area (Å²) in [5.74, 6) is 0.770. The molecule has 0 amide bonds. The maximum atomic E-state index is 9.02. The van der Waals surface area contributed by atoms with E-state index in [1.54, 1.807) is 0 Å². The molecule has 0 saturated heterocycles. The highest BCUT2D eigenvalue weighted by Crippen LogP contribution is 2.36. The second-order valence-corrected chi connectivity index (χ2v) is 5.92. The SMILES string of the molecule is CCC1CCc2nc3sc(C#N)c(N)c3cc2C1. The third-order valence-corrected chi connectivity index (χ3v) is 4.89. The smallest absolute Gasteiger partial charge is 0.130 e. The van der Waals surface area contributed by atoms with E-state index >= 15 is 0 Å². The highest BCUT2D eigenvalue weighted by atomic mass is 32.1. The molecule has 1 atom stereocenters. The first-order valence-electron chi connectivity index (χ1n) is 6.33. The van der Waals surface area contributed by atoms with Gasteiger partial charge in [-0.05, 0) is 36.8 Å². The van der Waals surface area contributed by atoms with Gasteiger partial charge in [-0.15, -0.1) is 11.3 Å². The van der Waals surface area contributed by atoms with Crippen LogP contribution in [0.2, 0.25) is 0 Å². The summed E-state index contributed by atoms with van der Waals surface area (Å²) < 4.78 is 0. The van der Waals surface area contributed by atoms with E-state index in [-0.39, 0.29) is 0 Å². The zero-order chi connectivity index (χ0) is 12.7. The lowest BCUT2D eigenvalue weighted by atomic mass is 9.85. The molecule has 3 nitrogen and oxygen atoms in total. The summed E-state index contributed by atoms with van der Waals surface area (Å²) in [7, 11) is 0. The van der Waals surface area contributed by atoms with Gasteiger partial charge in [0.1, 0.15) is 15.8 Å². The van der Waals surface area contributed by atoms with Crippen molar-refractivity contribution in [3.8, 4) is 6.07 Å². The Morgan fingerprint density at radius 2 is 2.44 bits per heavy atom. The summed E-state index contributed by atoms with van der Waals surface area (Å²) in [5, 5.41) is 9.98. The molecule has 2 aromatic heterocycles. The number of hydrogen-bond acceptors (Lipinski definition) is 4. The van der Waals surface area contributed by atoms with Crippen molar-refractivity contribution in [3.05, 3.63) is 22.2 Å². The number of nitrogens with zero attached hydrogens (tertiary/aromatic N) is 2. The fraction of sp³-hybridized carbons (Fsp3) is 0.429. The van der Waals surface area contributed by atoms with Crippen LogP contribution >= 0.6 is 11.3 Å². The van der Waals surface area contributed by atoms with Crippen LogP contribution in [0.5, 0.6) is 0 Å². The molecule has 2 N–H and O–H groups in total. The molecular formula is C14H15N3S. The van der Waals surface area contributed by atoms with E-state index in [9.17, 15) is 0 Å². The number of hydrogen-bond donors (Lipinski definition) is 1. The van der Waals surface area contributed by atoms with Crippen LogP contribution in [-0.2, 0) is 12.8 Å². The fourth-order valence-corrected chi connectivity index (χ4v) is 3.59. The van der Waals surface area contributed by atoms with E-state index < -0.39 is 0 Å². The van der Waals surface area contributed by atoms with E-state index in [2.05, 4.69) is 19.1 Å². The summed E-state index contributed by atoms with van der Waals surface area (Å²) in [6.07, 6.45) is 4.61. The standard InChI is InChI=1S/C14H15N3S/c1-2-8-3-4-11-9(5-8)6-10-13(16)12(7-15)18-14(10)17-11/h6,8H,2-5,16H2,1H3. The molecule has 0 aromatic carbocycles. The first-order valence-corrected chi connectivity index (χ1v) is 7.15. The summed E-state index contributed by atoms with van der Waals surface area (Å²) in [6, 6.07) is 4.31. The molecule has 2 aromatic rings. The Kier molecular flexibility index (Phi) is 2.71. The van der Waals surface area contributed by atoms with Crippen LogP contribution in [0.3, 0.4) is 0 Å². The number of thiophene rings is 1. The third-order valence-electron chi connectivity index (χ3n) is 3.87. The average molecular weight is 257 g/mol. The molecule has 0 radical (unpaired) electrons. The predicted octanol–water partition coefficient (Wildman–Crippen LogP) is 3.27. The van der Waals surface area contributed by atoms with Gasteiger partial charge in [-0.1, -0.05) is 13.3 Å². The van der Waals surface area contributed by atoms with Crippen molar-refractivity contribution in [1.82, 2.24) is 4.98 Å². The van der Waals surface area contributed by atoms with Crippen molar-refractivity contribution in [2.75, 3.05) is 5.73 Å². The molecule has 0 bridgehead atoms. The maximum absolute atomic E-state index is 9.02. The number of aryl methyl sites for hydroxylation is 1. The van der Waals surface area contributed by atoms with Crippen molar-refractivity contribution in [2.24, 2.45) is 5.92 Å². The minimum Gasteiger partial charge on any atom is -0.396 e. The number of nitrogen functional groups attached to an aromatic ring is 1. The van der Waals surface area contributed by atoms with Gasteiger partial charge < -0.3 is 5.73 Å². The Bertz CT molecular complexity index is 651. The number of nitrogens with two attached hydrogens (primary N) is 1. The van der Waals surface area contributed by atoms with E-state index in [1.165, 1.54) is 35.4 Å². The highest BCUT2D eigenvalue weighted by molar-refractivity contribution is 7.19. The number of nitriles is 1. The first kappa shape index (κ1) is 11.5. The molecule has 3 rings (SSSR count).